The first kappa shape index (κ1) is 15.7. The fraction of sp³-hybridized carbons (Fsp3) is 0.368. The topological polar surface area (TPSA) is 45.2 Å². The van der Waals surface area contributed by atoms with Crippen molar-refractivity contribution >= 4 is 11.7 Å². The maximum atomic E-state index is 12.5. The molecule has 1 aliphatic rings. The van der Waals surface area contributed by atoms with Gasteiger partial charge in [0.25, 0.3) is 0 Å². The smallest absolute Gasteiger partial charge is 0.229 e. The quantitative estimate of drug-likeness (QED) is 0.943. The van der Waals surface area contributed by atoms with Gasteiger partial charge < -0.3 is 5.32 Å². The Morgan fingerprint density at radius 1 is 1.26 bits per heavy atom. The van der Waals surface area contributed by atoms with Crippen LogP contribution in [0.15, 0.2) is 48.7 Å². The summed E-state index contributed by atoms with van der Waals surface area (Å²) in [5.41, 5.74) is 2.30. The zero-order valence-electron chi connectivity index (χ0n) is 13.5. The molecule has 1 amide bonds. The molecule has 0 aliphatic carbocycles. The maximum absolute atomic E-state index is 12.5. The van der Waals surface area contributed by atoms with Gasteiger partial charge in [-0.1, -0.05) is 36.4 Å². The molecule has 1 N–H and O–H groups in total. The molecule has 1 saturated heterocycles. The lowest BCUT2D eigenvalue weighted by Crippen LogP contribution is -2.40. The van der Waals surface area contributed by atoms with Crippen molar-refractivity contribution in [3.8, 4) is 0 Å². The van der Waals surface area contributed by atoms with E-state index in [1.807, 2.05) is 25.1 Å². The van der Waals surface area contributed by atoms with E-state index in [2.05, 4.69) is 39.5 Å². The van der Waals surface area contributed by atoms with Gasteiger partial charge in [-0.05, 0) is 43.5 Å². The fourth-order valence-electron chi connectivity index (χ4n) is 3.09. The summed E-state index contributed by atoms with van der Waals surface area (Å²) in [4.78, 5) is 19.2. The third-order valence-corrected chi connectivity index (χ3v) is 4.38. The average molecular weight is 309 g/mol. The maximum Gasteiger partial charge on any atom is 0.229 e. The molecule has 0 radical (unpaired) electrons. The lowest BCUT2D eigenvalue weighted by molar-refractivity contribution is -0.121. The Kier molecular flexibility index (Phi) is 5.03. The number of likely N-dealkylation sites (tertiary alicyclic amines) is 1. The minimum Gasteiger partial charge on any atom is -0.310 e. The van der Waals surface area contributed by atoms with Gasteiger partial charge in [-0.25, -0.2) is 4.98 Å². The number of pyridine rings is 1. The van der Waals surface area contributed by atoms with Crippen molar-refractivity contribution < 1.29 is 4.79 Å². The van der Waals surface area contributed by atoms with Crippen LogP contribution in [0.2, 0.25) is 0 Å². The Hall–Kier alpha value is -2.20. The zero-order chi connectivity index (χ0) is 16.1. The third-order valence-electron chi connectivity index (χ3n) is 4.38. The molecule has 1 aromatic heterocycles. The molecule has 4 heteroatoms. The highest BCUT2D eigenvalue weighted by atomic mass is 16.2. The molecule has 2 aromatic rings. The first-order valence-corrected chi connectivity index (χ1v) is 8.21. The summed E-state index contributed by atoms with van der Waals surface area (Å²) in [7, 11) is 0. The molecule has 1 unspecified atom stereocenters. The molecule has 1 aliphatic heterocycles. The second-order valence-electron chi connectivity index (χ2n) is 6.22. The van der Waals surface area contributed by atoms with Crippen LogP contribution in [0.25, 0.3) is 0 Å². The molecule has 0 saturated carbocycles. The fourth-order valence-corrected chi connectivity index (χ4v) is 3.09. The van der Waals surface area contributed by atoms with Crippen LogP contribution in [0.5, 0.6) is 0 Å². The lowest BCUT2D eigenvalue weighted by atomic mass is 9.96. The summed E-state index contributed by atoms with van der Waals surface area (Å²) in [6, 6.07) is 14.3. The molecule has 2 heterocycles. The highest BCUT2D eigenvalue weighted by Gasteiger charge is 2.26. The highest BCUT2D eigenvalue weighted by Crippen LogP contribution is 2.20. The van der Waals surface area contributed by atoms with Crippen molar-refractivity contribution in [2.75, 3.05) is 18.4 Å². The van der Waals surface area contributed by atoms with Gasteiger partial charge in [-0.3, -0.25) is 9.69 Å². The zero-order valence-corrected chi connectivity index (χ0v) is 13.5. The molecule has 4 nitrogen and oxygen atoms in total. The number of nitrogens with zero attached hydrogens (tertiary/aromatic N) is 2. The van der Waals surface area contributed by atoms with Crippen molar-refractivity contribution in [2.45, 2.75) is 26.3 Å². The van der Waals surface area contributed by atoms with E-state index < -0.39 is 0 Å². The first-order valence-electron chi connectivity index (χ1n) is 8.21. The summed E-state index contributed by atoms with van der Waals surface area (Å²) >= 11 is 0. The lowest BCUT2D eigenvalue weighted by Gasteiger charge is -2.32. The van der Waals surface area contributed by atoms with Gasteiger partial charge >= 0.3 is 0 Å². The molecule has 120 valence electrons. The number of benzene rings is 1. The Morgan fingerprint density at radius 2 is 2.09 bits per heavy atom. The molecular weight excluding hydrogens is 286 g/mol. The van der Waals surface area contributed by atoms with Crippen LogP contribution in [-0.2, 0) is 11.3 Å². The van der Waals surface area contributed by atoms with E-state index in [4.69, 9.17) is 0 Å². The SMILES string of the molecule is Cc1cccnc1NC(=O)C1CCCN(Cc2ccccc2)C1. The first-order chi connectivity index (χ1) is 11.2. The Balaban J connectivity index is 1.59. The van der Waals surface area contributed by atoms with Gasteiger partial charge in [0, 0.05) is 19.3 Å². The van der Waals surface area contributed by atoms with E-state index in [-0.39, 0.29) is 11.8 Å². The van der Waals surface area contributed by atoms with Crippen LogP contribution in [0, 0.1) is 12.8 Å². The third kappa shape index (κ3) is 4.17. The predicted octanol–water partition coefficient (Wildman–Crippen LogP) is 3.24. The molecule has 23 heavy (non-hydrogen) atoms. The van der Waals surface area contributed by atoms with Gasteiger partial charge in [-0.2, -0.15) is 0 Å². The number of hydrogen-bond donors (Lipinski definition) is 1. The van der Waals surface area contributed by atoms with Crippen molar-refractivity contribution in [2.24, 2.45) is 5.92 Å². The van der Waals surface area contributed by atoms with Crippen molar-refractivity contribution in [3.05, 3.63) is 59.8 Å². The summed E-state index contributed by atoms with van der Waals surface area (Å²) in [6.45, 7) is 4.74. The molecule has 0 bridgehead atoms. The Labute approximate surface area is 137 Å². The van der Waals surface area contributed by atoms with Crippen molar-refractivity contribution in [1.82, 2.24) is 9.88 Å². The van der Waals surface area contributed by atoms with Gasteiger partial charge in [0.1, 0.15) is 5.82 Å². The number of anilines is 1. The number of carbonyl (C=O) groups is 1. The van der Waals surface area contributed by atoms with Crippen LogP contribution < -0.4 is 5.32 Å². The van der Waals surface area contributed by atoms with Crippen molar-refractivity contribution in [3.63, 3.8) is 0 Å². The Morgan fingerprint density at radius 3 is 2.87 bits per heavy atom. The van der Waals surface area contributed by atoms with E-state index in [1.54, 1.807) is 6.20 Å². The summed E-state index contributed by atoms with van der Waals surface area (Å²) in [5, 5.41) is 2.99. The van der Waals surface area contributed by atoms with E-state index in [9.17, 15) is 4.79 Å². The monoisotopic (exact) mass is 309 g/mol. The number of aromatic nitrogens is 1. The number of aryl methyl sites for hydroxylation is 1. The minimum atomic E-state index is 0.0360. The molecular formula is C19H23N3O. The molecule has 1 aromatic carbocycles. The van der Waals surface area contributed by atoms with Gasteiger partial charge in [0.15, 0.2) is 0 Å². The average Bonchev–Trinajstić information content (AvgIpc) is 2.58. The second kappa shape index (κ2) is 7.38. The number of carbonyl (C=O) groups excluding carboxylic acids is 1. The largest absolute Gasteiger partial charge is 0.310 e. The van der Waals surface area contributed by atoms with E-state index in [1.165, 1.54) is 5.56 Å². The predicted molar refractivity (Wildman–Crippen MR) is 92.0 cm³/mol. The molecule has 0 spiro atoms. The van der Waals surface area contributed by atoms with Crippen LogP contribution in [0.1, 0.15) is 24.0 Å². The van der Waals surface area contributed by atoms with E-state index in [0.29, 0.717) is 5.82 Å². The summed E-state index contributed by atoms with van der Waals surface area (Å²) in [5.74, 6) is 0.802. The highest BCUT2D eigenvalue weighted by molar-refractivity contribution is 5.92. The minimum absolute atomic E-state index is 0.0360. The number of nitrogens with one attached hydrogen (secondary N) is 1. The molecule has 3 rings (SSSR count). The van der Waals surface area contributed by atoms with Crippen LogP contribution in [0.4, 0.5) is 5.82 Å². The van der Waals surface area contributed by atoms with E-state index >= 15 is 0 Å². The van der Waals surface area contributed by atoms with Gasteiger partial charge in [0.2, 0.25) is 5.91 Å². The molecule has 1 fully saturated rings. The van der Waals surface area contributed by atoms with Gasteiger partial charge in [-0.15, -0.1) is 0 Å². The normalized spacial score (nSPS) is 18.6. The van der Waals surface area contributed by atoms with Crippen molar-refractivity contribution in [1.29, 1.82) is 0 Å². The van der Waals surface area contributed by atoms with Crippen LogP contribution in [0.3, 0.4) is 0 Å². The Bertz CT molecular complexity index is 657. The number of rotatable bonds is 4. The van der Waals surface area contributed by atoms with E-state index in [0.717, 1.165) is 38.0 Å². The summed E-state index contributed by atoms with van der Waals surface area (Å²) < 4.78 is 0. The number of amides is 1. The standard InChI is InChI=1S/C19H23N3O/c1-15-7-5-11-20-18(15)21-19(23)17-10-6-12-22(14-17)13-16-8-3-2-4-9-16/h2-5,7-9,11,17H,6,10,12-14H2,1H3,(H,20,21,23). The van der Waals surface area contributed by atoms with Crippen LogP contribution >= 0.6 is 0 Å². The molecule has 1 atom stereocenters. The van der Waals surface area contributed by atoms with Gasteiger partial charge in [0.05, 0.1) is 5.92 Å². The van der Waals surface area contributed by atoms with Crippen LogP contribution in [-0.4, -0.2) is 28.9 Å². The number of hydrogen-bond acceptors (Lipinski definition) is 3. The second-order valence-corrected chi connectivity index (χ2v) is 6.22. The number of piperidine rings is 1. The summed E-state index contributed by atoms with van der Waals surface area (Å²) in [6.07, 6.45) is 3.72.